The number of halogens is 2. The highest BCUT2D eigenvalue weighted by Gasteiger charge is 2.39. The number of anilines is 2. The molecule has 2 aliphatic heterocycles. The molecule has 2 saturated heterocycles. The molecule has 2 bridgehead atoms. The first kappa shape index (κ1) is 16.1. The molecule has 2 unspecified atom stereocenters. The van der Waals surface area contributed by atoms with Crippen LogP contribution in [0.3, 0.4) is 0 Å². The van der Waals surface area contributed by atoms with E-state index in [-0.39, 0.29) is 34.9 Å². The van der Waals surface area contributed by atoms with Gasteiger partial charge in [-0.25, -0.2) is 18.7 Å². The summed E-state index contributed by atoms with van der Waals surface area (Å²) in [6.07, 6.45) is 0.622. The Balaban J connectivity index is 1.79. The van der Waals surface area contributed by atoms with Gasteiger partial charge in [-0.05, 0) is 25.8 Å². The molecule has 2 aromatic heterocycles. The molecule has 0 aromatic carbocycles. The quantitative estimate of drug-likeness (QED) is 0.908. The summed E-state index contributed by atoms with van der Waals surface area (Å²) in [5.41, 5.74) is 5.49. The summed E-state index contributed by atoms with van der Waals surface area (Å²) < 4.78 is 32.4. The lowest BCUT2D eigenvalue weighted by Crippen LogP contribution is -2.47. The molecule has 0 aliphatic carbocycles. The average Bonchev–Trinajstić information content (AvgIpc) is 2.83. The van der Waals surface area contributed by atoms with Crippen molar-refractivity contribution in [2.75, 3.05) is 23.8 Å². The molecule has 0 spiro atoms. The minimum atomic E-state index is -2.69. The van der Waals surface area contributed by atoms with Gasteiger partial charge in [0, 0.05) is 17.3 Å². The Kier molecular flexibility index (Phi) is 3.95. The molecule has 132 valence electrons. The average molecular weight is 348 g/mol. The SMILES string of the molecule is Cc1nc(-c2cnc(N)cc2C(F)F)nc(N2C3CCC2COC3)n1. The zero-order valence-corrected chi connectivity index (χ0v) is 13.7. The van der Waals surface area contributed by atoms with E-state index in [9.17, 15) is 8.78 Å². The fraction of sp³-hybridized carbons (Fsp3) is 0.500. The Morgan fingerprint density at radius 1 is 1.20 bits per heavy atom. The molecule has 2 atom stereocenters. The fourth-order valence-electron chi connectivity index (χ4n) is 3.51. The number of nitrogens with two attached hydrogens (primary N) is 1. The van der Waals surface area contributed by atoms with Crippen LogP contribution in [0.5, 0.6) is 0 Å². The highest BCUT2D eigenvalue weighted by Crippen LogP contribution is 2.34. The van der Waals surface area contributed by atoms with Crippen LogP contribution in [0.4, 0.5) is 20.5 Å². The highest BCUT2D eigenvalue weighted by atomic mass is 19.3. The predicted octanol–water partition coefficient (Wildman–Crippen LogP) is 2.13. The third-order valence-corrected chi connectivity index (χ3v) is 4.64. The molecule has 9 heteroatoms. The number of pyridine rings is 1. The zero-order valence-electron chi connectivity index (χ0n) is 13.7. The molecule has 7 nitrogen and oxygen atoms in total. The summed E-state index contributed by atoms with van der Waals surface area (Å²) >= 11 is 0. The maximum atomic E-state index is 13.4. The molecule has 0 radical (unpaired) electrons. The molecule has 2 aliphatic rings. The van der Waals surface area contributed by atoms with Gasteiger partial charge in [0.2, 0.25) is 5.95 Å². The molecule has 4 heterocycles. The smallest absolute Gasteiger partial charge is 0.264 e. The number of hydrogen-bond acceptors (Lipinski definition) is 7. The van der Waals surface area contributed by atoms with Gasteiger partial charge >= 0.3 is 0 Å². The largest absolute Gasteiger partial charge is 0.384 e. The van der Waals surface area contributed by atoms with Crippen LogP contribution in [0.2, 0.25) is 0 Å². The molecule has 4 rings (SSSR count). The van der Waals surface area contributed by atoms with Crippen LogP contribution in [-0.2, 0) is 4.74 Å². The molecule has 2 aromatic rings. The van der Waals surface area contributed by atoms with E-state index in [0.29, 0.717) is 25.0 Å². The summed E-state index contributed by atoms with van der Waals surface area (Å²) in [5.74, 6) is 1.21. The van der Waals surface area contributed by atoms with E-state index in [2.05, 4.69) is 24.8 Å². The van der Waals surface area contributed by atoms with Crippen molar-refractivity contribution < 1.29 is 13.5 Å². The standard InChI is InChI=1S/C16H18F2N6O/c1-8-21-15(12-5-20-13(19)4-11(12)14(17)18)23-16(22-8)24-9-2-3-10(24)7-25-6-9/h4-5,9-10,14H,2-3,6-7H2,1H3,(H2,19,20). The number of nitrogens with zero attached hydrogens (tertiary/aromatic N) is 5. The van der Waals surface area contributed by atoms with Crippen LogP contribution < -0.4 is 10.6 Å². The maximum Gasteiger partial charge on any atom is 0.264 e. The second-order valence-corrected chi connectivity index (χ2v) is 6.33. The van der Waals surface area contributed by atoms with Crippen molar-refractivity contribution in [3.8, 4) is 11.4 Å². The number of aromatic nitrogens is 4. The summed E-state index contributed by atoms with van der Waals surface area (Å²) in [7, 11) is 0. The fourth-order valence-corrected chi connectivity index (χ4v) is 3.51. The van der Waals surface area contributed by atoms with E-state index in [1.54, 1.807) is 6.92 Å². The van der Waals surface area contributed by atoms with Crippen molar-refractivity contribution in [2.24, 2.45) is 0 Å². The Morgan fingerprint density at radius 2 is 1.92 bits per heavy atom. The van der Waals surface area contributed by atoms with Gasteiger partial charge in [-0.3, -0.25) is 0 Å². The van der Waals surface area contributed by atoms with Gasteiger partial charge in [0.05, 0.1) is 25.3 Å². The van der Waals surface area contributed by atoms with Crippen LogP contribution in [-0.4, -0.2) is 45.2 Å². The monoisotopic (exact) mass is 348 g/mol. The van der Waals surface area contributed by atoms with Crippen LogP contribution in [0.1, 0.15) is 30.7 Å². The van der Waals surface area contributed by atoms with Crippen LogP contribution in [0, 0.1) is 6.92 Å². The Hall–Kier alpha value is -2.42. The van der Waals surface area contributed by atoms with Crippen molar-refractivity contribution in [3.63, 3.8) is 0 Å². The lowest BCUT2D eigenvalue weighted by atomic mass is 10.1. The molecule has 25 heavy (non-hydrogen) atoms. The van der Waals surface area contributed by atoms with Gasteiger partial charge in [0.25, 0.3) is 6.43 Å². The van der Waals surface area contributed by atoms with E-state index in [1.807, 2.05) is 0 Å². The first-order chi connectivity index (χ1) is 12.0. The van der Waals surface area contributed by atoms with Crippen molar-refractivity contribution in [2.45, 2.75) is 38.3 Å². The zero-order chi connectivity index (χ0) is 17.6. The summed E-state index contributed by atoms with van der Waals surface area (Å²) in [5, 5.41) is 0. The molecular weight excluding hydrogens is 330 g/mol. The topological polar surface area (TPSA) is 90.0 Å². The molecule has 2 N–H and O–H groups in total. The molecular formula is C16H18F2N6O. The van der Waals surface area contributed by atoms with Crippen molar-refractivity contribution in [3.05, 3.63) is 23.7 Å². The van der Waals surface area contributed by atoms with Crippen LogP contribution in [0.25, 0.3) is 11.4 Å². The number of fused-ring (bicyclic) bond motifs is 2. The number of hydrogen-bond donors (Lipinski definition) is 1. The van der Waals surface area contributed by atoms with Gasteiger partial charge in [-0.2, -0.15) is 9.97 Å². The summed E-state index contributed by atoms with van der Waals surface area (Å²) in [6, 6.07) is 1.59. The minimum Gasteiger partial charge on any atom is -0.384 e. The third kappa shape index (κ3) is 2.88. The van der Waals surface area contributed by atoms with Gasteiger partial charge in [0.15, 0.2) is 5.82 Å². The Bertz CT molecular complexity index is 786. The normalized spacial score (nSPS) is 22.6. The lowest BCUT2D eigenvalue weighted by Gasteiger charge is -2.34. The van der Waals surface area contributed by atoms with E-state index in [0.717, 1.165) is 18.9 Å². The summed E-state index contributed by atoms with van der Waals surface area (Å²) in [4.78, 5) is 19.2. The highest BCUT2D eigenvalue weighted by molar-refractivity contribution is 5.63. The number of morpholine rings is 1. The first-order valence-electron chi connectivity index (χ1n) is 8.15. The van der Waals surface area contributed by atoms with Gasteiger partial charge in [-0.15, -0.1) is 0 Å². The van der Waals surface area contributed by atoms with E-state index in [4.69, 9.17) is 10.5 Å². The third-order valence-electron chi connectivity index (χ3n) is 4.64. The number of nitrogen functional groups attached to an aromatic ring is 1. The number of ether oxygens (including phenoxy) is 1. The van der Waals surface area contributed by atoms with Crippen molar-refractivity contribution in [1.82, 2.24) is 19.9 Å². The Morgan fingerprint density at radius 3 is 2.60 bits per heavy atom. The number of aryl methyl sites for hydroxylation is 1. The second kappa shape index (κ2) is 6.14. The minimum absolute atomic E-state index is 0.0382. The molecule has 2 fully saturated rings. The maximum absolute atomic E-state index is 13.4. The Labute approximate surface area is 143 Å². The second-order valence-electron chi connectivity index (χ2n) is 6.33. The summed E-state index contributed by atoms with van der Waals surface area (Å²) in [6.45, 7) is 2.98. The van der Waals surface area contributed by atoms with Gasteiger partial charge in [0.1, 0.15) is 11.6 Å². The van der Waals surface area contributed by atoms with Crippen molar-refractivity contribution in [1.29, 1.82) is 0 Å². The van der Waals surface area contributed by atoms with Gasteiger partial charge < -0.3 is 15.4 Å². The number of alkyl halides is 2. The predicted molar refractivity (Wildman–Crippen MR) is 87.3 cm³/mol. The lowest BCUT2D eigenvalue weighted by molar-refractivity contribution is 0.0897. The first-order valence-corrected chi connectivity index (χ1v) is 8.15. The molecule has 0 amide bonds. The van der Waals surface area contributed by atoms with E-state index in [1.165, 1.54) is 6.20 Å². The molecule has 0 saturated carbocycles. The van der Waals surface area contributed by atoms with Crippen LogP contribution in [0.15, 0.2) is 12.3 Å². The van der Waals surface area contributed by atoms with Crippen LogP contribution >= 0.6 is 0 Å². The van der Waals surface area contributed by atoms with E-state index < -0.39 is 6.43 Å². The van der Waals surface area contributed by atoms with Gasteiger partial charge in [-0.1, -0.05) is 0 Å². The number of rotatable bonds is 3. The van der Waals surface area contributed by atoms with Crippen molar-refractivity contribution >= 4 is 11.8 Å². The van der Waals surface area contributed by atoms with E-state index >= 15 is 0 Å².